The molecule has 0 unspecified atom stereocenters. The van der Waals surface area contributed by atoms with Crippen LogP contribution in [0.4, 0.5) is 5.69 Å². The average molecular weight is 318 g/mol. The van der Waals surface area contributed by atoms with E-state index in [0.29, 0.717) is 0 Å². The molecular formula is C12H18N2O6S. The van der Waals surface area contributed by atoms with E-state index in [-0.39, 0.29) is 6.42 Å². The van der Waals surface area contributed by atoms with Crippen LogP contribution in [-0.2, 0) is 10.0 Å². The zero-order valence-electron chi connectivity index (χ0n) is 11.7. The summed E-state index contributed by atoms with van der Waals surface area (Å²) in [6, 6.07) is 3.69. The summed E-state index contributed by atoms with van der Waals surface area (Å²) in [4.78, 5) is 9.57. The fourth-order valence-corrected chi connectivity index (χ4v) is 3.20. The van der Waals surface area contributed by atoms with E-state index >= 15 is 0 Å². The molecule has 0 spiro atoms. The number of para-hydroxylation sites is 1. The van der Waals surface area contributed by atoms with Gasteiger partial charge in [0.2, 0.25) is 10.0 Å². The van der Waals surface area contributed by atoms with Gasteiger partial charge in [0.25, 0.3) is 5.69 Å². The maximum Gasteiger partial charge on any atom is 0.289 e. The first kappa shape index (κ1) is 17.5. The van der Waals surface area contributed by atoms with Crippen LogP contribution < -0.4 is 4.72 Å². The summed E-state index contributed by atoms with van der Waals surface area (Å²) in [5.74, 6) is 0. The zero-order valence-corrected chi connectivity index (χ0v) is 12.5. The van der Waals surface area contributed by atoms with Crippen molar-refractivity contribution in [1.29, 1.82) is 0 Å². The van der Waals surface area contributed by atoms with E-state index in [2.05, 4.69) is 4.72 Å². The molecule has 118 valence electrons. The Morgan fingerprint density at radius 3 is 2.48 bits per heavy atom. The number of nitrogens with one attached hydrogen (secondary N) is 1. The highest BCUT2D eigenvalue weighted by Crippen LogP contribution is 2.24. The largest absolute Gasteiger partial charge is 0.395 e. The monoisotopic (exact) mass is 318 g/mol. The average Bonchev–Trinajstić information content (AvgIpc) is 2.44. The molecule has 0 aliphatic rings. The second kappa shape index (κ2) is 6.48. The third kappa shape index (κ3) is 3.97. The molecular weight excluding hydrogens is 300 g/mol. The lowest BCUT2D eigenvalue weighted by molar-refractivity contribution is -0.387. The van der Waals surface area contributed by atoms with Crippen LogP contribution in [0.2, 0.25) is 0 Å². The predicted molar refractivity (Wildman–Crippen MR) is 75.2 cm³/mol. The van der Waals surface area contributed by atoms with Crippen LogP contribution in [0.3, 0.4) is 0 Å². The fourth-order valence-electron chi connectivity index (χ4n) is 1.69. The van der Waals surface area contributed by atoms with Crippen LogP contribution in [0.1, 0.15) is 20.3 Å². The Labute approximate surface area is 122 Å². The van der Waals surface area contributed by atoms with E-state index in [1.165, 1.54) is 19.1 Å². The van der Waals surface area contributed by atoms with Crippen molar-refractivity contribution in [3.63, 3.8) is 0 Å². The van der Waals surface area contributed by atoms with Crippen molar-refractivity contribution in [2.45, 2.75) is 36.8 Å². The van der Waals surface area contributed by atoms with Crippen LogP contribution in [0.15, 0.2) is 29.2 Å². The first-order chi connectivity index (χ1) is 9.65. The summed E-state index contributed by atoms with van der Waals surface area (Å²) in [7, 11) is -4.25. The van der Waals surface area contributed by atoms with Crippen LogP contribution >= 0.6 is 0 Å². The van der Waals surface area contributed by atoms with Gasteiger partial charge >= 0.3 is 0 Å². The molecule has 0 heterocycles. The van der Waals surface area contributed by atoms with Crippen molar-refractivity contribution in [3.8, 4) is 0 Å². The first-order valence-corrected chi connectivity index (χ1v) is 7.73. The number of hydrogen-bond acceptors (Lipinski definition) is 6. The van der Waals surface area contributed by atoms with Crippen molar-refractivity contribution < 1.29 is 23.6 Å². The standard InChI is InChI=1S/C12H18N2O6S/c1-3-12(2,16)11(8-15)13-21(19,20)10-7-5-4-6-9(10)14(17)18/h4-7,11,13,15-16H,3,8H2,1-2H3/t11-,12-/m1/s1. The molecule has 9 heteroatoms. The molecule has 3 N–H and O–H groups in total. The summed E-state index contributed by atoms with van der Waals surface area (Å²) in [5.41, 5.74) is -2.05. The molecule has 0 bridgehead atoms. The number of sulfonamides is 1. The van der Waals surface area contributed by atoms with E-state index in [1.54, 1.807) is 6.92 Å². The van der Waals surface area contributed by atoms with Gasteiger partial charge in [0, 0.05) is 6.07 Å². The van der Waals surface area contributed by atoms with Gasteiger partial charge in [-0.3, -0.25) is 10.1 Å². The molecule has 0 saturated heterocycles. The normalized spacial score (nSPS) is 16.2. The molecule has 0 aliphatic heterocycles. The molecule has 2 atom stereocenters. The van der Waals surface area contributed by atoms with Gasteiger partial charge in [-0.25, -0.2) is 13.1 Å². The second-order valence-electron chi connectivity index (χ2n) is 4.79. The number of benzene rings is 1. The summed E-state index contributed by atoms with van der Waals surface area (Å²) < 4.78 is 26.6. The van der Waals surface area contributed by atoms with Gasteiger partial charge in [-0.1, -0.05) is 19.1 Å². The smallest absolute Gasteiger partial charge is 0.289 e. The van der Waals surface area contributed by atoms with Crippen molar-refractivity contribution >= 4 is 15.7 Å². The lowest BCUT2D eigenvalue weighted by Gasteiger charge is -2.30. The number of aliphatic hydroxyl groups excluding tert-OH is 1. The van der Waals surface area contributed by atoms with E-state index in [1.807, 2.05) is 0 Å². The minimum atomic E-state index is -4.25. The van der Waals surface area contributed by atoms with E-state index in [0.717, 1.165) is 12.1 Å². The van der Waals surface area contributed by atoms with Gasteiger partial charge in [0.1, 0.15) is 0 Å². The Kier molecular flexibility index (Phi) is 5.40. The number of nitro groups is 1. The predicted octanol–water partition coefficient (Wildman–Crippen LogP) is 0.395. The van der Waals surface area contributed by atoms with Crippen molar-refractivity contribution in [1.82, 2.24) is 4.72 Å². The SMILES string of the molecule is CC[C@@](C)(O)[C@@H](CO)NS(=O)(=O)c1ccccc1[N+](=O)[O-]. The highest BCUT2D eigenvalue weighted by molar-refractivity contribution is 7.89. The highest BCUT2D eigenvalue weighted by atomic mass is 32.2. The Morgan fingerprint density at radius 2 is 2.00 bits per heavy atom. The minimum absolute atomic E-state index is 0.192. The van der Waals surface area contributed by atoms with Crippen LogP contribution in [0, 0.1) is 10.1 Å². The number of aliphatic hydroxyl groups is 2. The molecule has 21 heavy (non-hydrogen) atoms. The molecule has 0 saturated carbocycles. The van der Waals surface area contributed by atoms with Crippen molar-refractivity contribution in [2.24, 2.45) is 0 Å². The van der Waals surface area contributed by atoms with Crippen LogP contribution in [-0.4, -0.2) is 41.8 Å². The van der Waals surface area contributed by atoms with Crippen molar-refractivity contribution in [2.75, 3.05) is 6.61 Å². The van der Waals surface area contributed by atoms with Gasteiger partial charge in [0.05, 0.1) is 23.2 Å². The molecule has 0 fully saturated rings. The van der Waals surface area contributed by atoms with Gasteiger partial charge in [-0.05, 0) is 19.4 Å². The van der Waals surface area contributed by atoms with Crippen molar-refractivity contribution in [3.05, 3.63) is 34.4 Å². The molecule has 1 aromatic rings. The quantitative estimate of drug-likeness (QED) is 0.492. The molecule has 0 aliphatic carbocycles. The summed E-state index contributed by atoms with van der Waals surface area (Å²) in [6.45, 7) is 2.36. The van der Waals surface area contributed by atoms with Gasteiger partial charge in [-0.2, -0.15) is 0 Å². The summed E-state index contributed by atoms with van der Waals surface area (Å²) in [6.07, 6.45) is 0.192. The van der Waals surface area contributed by atoms with Crippen LogP contribution in [0.5, 0.6) is 0 Å². The topological polar surface area (TPSA) is 130 Å². The zero-order chi connectivity index (χ0) is 16.3. The summed E-state index contributed by atoms with van der Waals surface area (Å²) >= 11 is 0. The summed E-state index contributed by atoms with van der Waals surface area (Å²) in [5, 5.41) is 30.2. The highest BCUT2D eigenvalue weighted by Gasteiger charge is 2.35. The number of nitrogens with zero attached hydrogens (tertiary/aromatic N) is 1. The fraction of sp³-hybridized carbons (Fsp3) is 0.500. The third-order valence-corrected chi connectivity index (χ3v) is 4.82. The molecule has 1 aromatic carbocycles. The van der Waals surface area contributed by atoms with E-state index in [4.69, 9.17) is 0 Å². The maximum atomic E-state index is 12.3. The Morgan fingerprint density at radius 1 is 1.43 bits per heavy atom. The Balaban J connectivity index is 3.21. The van der Waals surface area contributed by atoms with E-state index in [9.17, 15) is 28.7 Å². The van der Waals surface area contributed by atoms with Gasteiger partial charge in [0.15, 0.2) is 4.90 Å². The number of nitro benzene ring substituents is 1. The molecule has 1 rings (SSSR count). The molecule has 0 radical (unpaired) electrons. The first-order valence-electron chi connectivity index (χ1n) is 6.24. The van der Waals surface area contributed by atoms with Gasteiger partial charge < -0.3 is 10.2 Å². The number of hydrogen-bond donors (Lipinski definition) is 3. The van der Waals surface area contributed by atoms with E-state index < -0.39 is 43.8 Å². The second-order valence-corrected chi connectivity index (χ2v) is 6.47. The van der Waals surface area contributed by atoms with Crippen LogP contribution in [0.25, 0.3) is 0 Å². The Hall–Kier alpha value is -1.55. The molecule has 8 nitrogen and oxygen atoms in total. The molecule has 0 aromatic heterocycles. The Bertz CT molecular complexity index is 614. The third-order valence-electron chi connectivity index (χ3n) is 3.30. The minimum Gasteiger partial charge on any atom is -0.395 e. The number of rotatable bonds is 7. The maximum absolute atomic E-state index is 12.3. The molecule has 0 amide bonds. The van der Waals surface area contributed by atoms with Gasteiger partial charge in [-0.15, -0.1) is 0 Å². The lowest BCUT2D eigenvalue weighted by atomic mass is 9.95. The lowest BCUT2D eigenvalue weighted by Crippen LogP contribution is -2.52.